The molecule has 0 aliphatic rings. The maximum absolute atomic E-state index is 12.5. The normalized spacial score (nSPS) is 10.6. The molecule has 0 fully saturated rings. The van der Waals surface area contributed by atoms with Crippen molar-refractivity contribution in [2.75, 3.05) is 11.3 Å². The number of aromatic nitrogens is 1. The summed E-state index contributed by atoms with van der Waals surface area (Å²) in [5, 5.41) is 0. The Hall–Kier alpha value is -2.36. The van der Waals surface area contributed by atoms with Gasteiger partial charge in [0.05, 0.1) is 12.2 Å². The summed E-state index contributed by atoms with van der Waals surface area (Å²) >= 11 is 0. The van der Waals surface area contributed by atoms with E-state index in [1.165, 1.54) is 12.3 Å². The summed E-state index contributed by atoms with van der Waals surface area (Å²) in [7, 11) is -3.72. The fourth-order valence-corrected chi connectivity index (χ4v) is 3.03. The van der Waals surface area contributed by atoms with Crippen LogP contribution in [0.3, 0.4) is 0 Å². The summed E-state index contributed by atoms with van der Waals surface area (Å²) in [6, 6.07) is 8.16. The molecule has 3 N–H and O–H groups in total. The molecule has 1 aromatic carbocycles. The van der Waals surface area contributed by atoms with Crippen LogP contribution in [0.5, 0.6) is 0 Å². The Kier molecular flexibility index (Phi) is 4.58. The third-order valence-electron chi connectivity index (χ3n) is 2.77. The Morgan fingerprint density at radius 2 is 2.05 bits per heavy atom. The van der Waals surface area contributed by atoms with Crippen molar-refractivity contribution in [1.29, 1.82) is 0 Å². The second-order valence-electron chi connectivity index (χ2n) is 4.30. The van der Waals surface area contributed by atoms with Crippen molar-refractivity contribution in [3.63, 3.8) is 0 Å². The van der Waals surface area contributed by atoms with E-state index < -0.39 is 10.0 Å². The van der Waals surface area contributed by atoms with E-state index in [2.05, 4.69) is 21.5 Å². The highest BCUT2D eigenvalue weighted by atomic mass is 32.2. The van der Waals surface area contributed by atoms with E-state index in [0.29, 0.717) is 11.3 Å². The molecular formula is C15H15N3O2S. The minimum atomic E-state index is -3.72. The van der Waals surface area contributed by atoms with Crippen LogP contribution >= 0.6 is 0 Å². The van der Waals surface area contributed by atoms with Crippen molar-refractivity contribution in [2.24, 2.45) is 5.73 Å². The van der Waals surface area contributed by atoms with Crippen molar-refractivity contribution >= 4 is 15.7 Å². The predicted octanol–water partition coefficient (Wildman–Crippen LogP) is 1.50. The lowest BCUT2D eigenvalue weighted by atomic mass is 10.2. The molecule has 0 aliphatic carbocycles. The van der Waals surface area contributed by atoms with E-state index >= 15 is 0 Å². The molecule has 5 nitrogen and oxygen atoms in total. The van der Waals surface area contributed by atoms with Gasteiger partial charge in [-0.3, -0.25) is 9.71 Å². The van der Waals surface area contributed by atoms with Crippen molar-refractivity contribution in [1.82, 2.24) is 4.98 Å². The van der Waals surface area contributed by atoms with Gasteiger partial charge >= 0.3 is 0 Å². The lowest BCUT2D eigenvalue weighted by Crippen LogP contribution is -2.15. The molecule has 0 atom stereocenters. The molecule has 6 heteroatoms. The third-order valence-corrected chi connectivity index (χ3v) is 4.19. The monoisotopic (exact) mass is 301 g/mol. The number of sulfonamides is 1. The van der Waals surface area contributed by atoms with Gasteiger partial charge < -0.3 is 5.73 Å². The maximum Gasteiger partial charge on any atom is 0.263 e. The molecular weight excluding hydrogens is 286 g/mol. The van der Waals surface area contributed by atoms with Crippen LogP contribution in [0.4, 0.5) is 5.69 Å². The zero-order chi connectivity index (χ0) is 15.3. The van der Waals surface area contributed by atoms with E-state index in [9.17, 15) is 8.42 Å². The number of nitrogens with one attached hydrogen (secondary N) is 1. The number of hydrogen-bond donors (Lipinski definition) is 2. The van der Waals surface area contributed by atoms with Gasteiger partial charge in [-0.1, -0.05) is 24.0 Å². The summed E-state index contributed by atoms with van der Waals surface area (Å²) in [6.07, 6.45) is 3.13. The molecule has 0 spiro atoms. The smallest absolute Gasteiger partial charge is 0.263 e. The SMILES string of the molecule is Cc1cnccc1NS(=O)(=O)c1ccccc1C#CCN. The topological polar surface area (TPSA) is 85.1 Å². The van der Waals surface area contributed by atoms with Crippen LogP contribution < -0.4 is 10.5 Å². The highest BCUT2D eigenvalue weighted by Gasteiger charge is 2.18. The first-order valence-electron chi connectivity index (χ1n) is 6.26. The van der Waals surface area contributed by atoms with E-state index in [0.717, 1.165) is 5.56 Å². The number of aryl methyl sites for hydroxylation is 1. The Morgan fingerprint density at radius 3 is 2.76 bits per heavy atom. The minimum absolute atomic E-state index is 0.127. The summed E-state index contributed by atoms with van der Waals surface area (Å²) < 4.78 is 27.6. The van der Waals surface area contributed by atoms with Crippen molar-refractivity contribution in [2.45, 2.75) is 11.8 Å². The minimum Gasteiger partial charge on any atom is -0.320 e. The standard InChI is InChI=1S/C15H15N3O2S/c1-12-11-17-10-8-14(12)18-21(19,20)15-7-3-2-5-13(15)6-4-9-16/h2-3,5,7-8,10-11H,9,16H2,1H3,(H,17,18). The van der Waals surface area contributed by atoms with Crippen LogP contribution in [0.25, 0.3) is 0 Å². The fourth-order valence-electron chi connectivity index (χ4n) is 1.74. The second-order valence-corrected chi connectivity index (χ2v) is 5.95. The lowest BCUT2D eigenvalue weighted by Gasteiger charge is -2.11. The van der Waals surface area contributed by atoms with Crippen LogP contribution in [-0.2, 0) is 10.0 Å². The van der Waals surface area contributed by atoms with Crippen molar-refractivity contribution < 1.29 is 8.42 Å². The first kappa shape index (κ1) is 15.0. The van der Waals surface area contributed by atoms with Gasteiger partial charge in [-0.05, 0) is 30.7 Å². The summed E-state index contributed by atoms with van der Waals surface area (Å²) in [5.41, 5.74) is 6.99. The molecule has 0 bridgehead atoms. The maximum atomic E-state index is 12.5. The highest BCUT2D eigenvalue weighted by molar-refractivity contribution is 7.92. The summed E-state index contributed by atoms with van der Waals surface area (Å²) in [4.78, 5) is 4.06. The van der Waals surface area contributed by atoms with Gasteiger partial charge in [0.2, 0.25) is 0 Å². The van der Waals surface area contributed by atoms with E-state index in [1.54, 1.807) is 37.4 Å². The number of anilines is 1. The van der Waals surface area contributed by atoms with Gasteiger partial charge in [0, 0.05) is 18.0 Å². The van der Waals surface area contributed by atoms with Gasteiger partial charge in [-0.15, -0.1) is 0 Å². The van der Waals surface area contributed by atoms with Gasteiger partial charge in [-0.2, -0.15) is 0 Å². The lowest BCUT2D eigenvalue weighted by molar-refractivity contribution is 0.601. The second kappa shape index (κ2) is 6.39. The first-order valence-corrected chi connectivity index (χ1v) is 7.74. The number of hydrogen-bond acceptors (Lipinski definition) is 4. The van der Waals surface area contributed by atoms with Gasteiger partial charge in [0.25, 0.3) is 10.0 Å². The Labute approximate surface area is 124 Å². The zero-order valence-corrected chi connectivity index (χ0v) is 12.3. The molecule has 21 heavy (non-hydrogen) atoms. The first-order chi connectivity index (χ1) is 10.0. The van der Waals surface area contributed by atoms with E-state index in [-0.39, 0.29) is 11.4 Å². The van der Waals surface area contributed by atoms with Gasteiger partial charge in [0.1, 0.15) is 4.90 Å². The molecule has 0 amide bonds. The molecule has 2 aromatic rings. The van der Waals surface area contributed by atoms with Crippen LogP contribution in [0.15, 0.2) is 47.6 Å². The predicted molar refractivity (Wildman–Crippen MR) is 82.2 cm³/mol. The van der Waals surface area contributed by atoms with Crippen molar-refractivity contribution in [3.05, 3.63) is 53.9 Å². The average molecular weight is 301 g/mol. The van der Waals surface area contributed by atoms with Crippen LogP contribution in [0.2, 0.25) is 0 Å². The molecule has 0 saturated heterocycles. The van der Waals surface area contributed by atoms with Crippen LogP contribution in [0, 0.1) is 18.8 Å². The number of nitrogens with zero attached hydrogens (tertiary/aromatic N) is 1. The molecule has 2 rings (SSSR count). The Balaban J connectivity index is 2.43. The Bertz CT molecular complexity index is 805. The van der Waals surface area contributed by atoms with E-state index in [1.807, 2.05) is 0 Å². The number of rotatable bonds is 3. The van der Waals surface area contributed by atoms with Crippen LogP contribution in [0.1, 0.15) is 11.1 Å². The van der Waals surface area contributed by atoms with E-state index in [4.69, 9.17) is 5.73 Å². The molecule has 0 radical (unpaired) electrons. The zero-order valence-electron chi connectivity index (χ0n) is 11.5. The molecule has 0 aliphatic heterocycles. The Morgan fingerprint density at radius 1 is 1.29 bits per heavy atom. The summed E-state index contributed by atoms with van der Waals surface area (Å²) in [5.74, 6) is 5.44. The third kappa shape index (κ3) is 3.60. The molecule has 108 valence electrons. The molecule has 1 heterocycles. The number of benzene rings is 1. The quantitative estimate of drug-likeness (QED) is 0.841. The molecule has 1 aromatic heterocycles. The summed E-state index contributed by atoms with van der Waals surface area (Å²) in [6.45, 7) is 1.95. The van der Waals surface area contributed by atoms with Crippen molar-refractivity contribution in [3.8, 4) is 11.8 Å². The largest absolute Gasteiger partial charge is 0.320 e. The highest BCUT2D eigenvalue weighted by Crippen LogP contribution is 2.20. The van der Waals surface area contributed by atoms with Gasteiger partial charge in [0.15, 0.2) is 0 Å². The number of nitrogens with two attached hydrogens (primary N) is 1. The fraction of sp³-hybridized carbons (Fsp3) is 0.133. The molecule has 0 saturated carbocycles. The average Bonchev–Trinajstić information content (AvgIpc) is 2.47. The molecule has 0 unspecified atom stereocenters. The van der Waals surface area contributed by atoms with Gasteiger partial charge in [-0.25, -0.2) is 8.42 Å². The number of pyridine rings is 1. The van der Waals surface area contributed by atoms with Crippen LogP contribution in [-0.4, -0.2) is 19.9 Å².